The highest BCUT2D eigenvalue weighted by atomic mass is 16.3. The number of aryl methyl sites for hydroxylation is 1. The van der Waals surface area contributed by atoms with E-state index in [0.29, 0.717) is 0 Å². The van der Waals surface area contributed by atoms with Crippen LogP contribution in [0.4, 0.5) is 45.5 Å². The predicted molar refractivity (Wildman–Crippen MR) is 325 cm³/mol. The maximum absolute atomic E-state index is 6.55. The van der Waals surface area contributed by atoms with E-state index in [9.17, 15) is 0 Å². The van der Waals surface area contributed by atoms with Crippen LogP contribution < -0.4 is 31.1 Å². The van der Waals surface area contributed by atoms with E-state index in [2.05, 4.69) is 233 Å². The van der Waals surface area contributed by atoms with E-state index >= 15 is 0 Å². The molecule has 386 valence electrons. The van der Waals surface area contributed by atoms with Crippen LogP contribution in [-0.2, 0) is 32.5 Å². The Morgan fingerprint density at radius 2 is 1.03 bits per heavy atom. The maximum atomic E-state index is 6.55. The molecule has 1 fully saturated rings. The second-order valence-electron chi connectivity index (χ2n) is 28.7. The van der Waals surface area contributed by atoms with Crippen LogP contribution in [0.2, 0.25) is 0 Å². The van der Waals surface area contributed by atoms with Crippen molar-refractivity contribution in [2.24, 2.45) is 0 Å². The fourth-order valence-corrected chi connectivity index (χ4v) is 16.0. The van der Waals surface area contributed by atoms with Crippen LogP contribution in [0.3, 0.4) is 0 Å². The van der Waals surface area contributed by atoms with Gasteiger partial charge in [0.05, 0.1) is 5.54 Å². The van der Waals surface area contributed by atoms with Gasteiger partial charge in [-0.05, 0) is 208 Å². The molecule has 5 heteroatoms. The number of nitrogens with zero attached hydrogens (tertiary/aromatic N) is 3. The fraction of sp³-hybridized carbons (Fsp3) is 0.408. The summed E-state index contributed by atoms with van der Waals surface area (Å²) in [5, 5.41) is 2.29. The van der Waals surface area contributed by atoms with Gasteiger partial charge >= 0.3 is 0 Å². The maximum Gasteiger partial charge on any atom is 0.252 e. The lowest BCUT2D eigenvalue weighted by atomic mass is 9.33. The molecule has 76 heavy (non-hydrogen) atoms. The molecule has 3 aliphatic heterocycles. The van der Waals surface area contributed by atoms with Gasteiger partial charge in [0.15, 0.2) is 0 Å². The average molecular weight is 1000 g/mol. The van der Waals surface area contributed by atoms with Gasteiger partial charge in [-0.3, -0.25) is 0 Å². The molecule has 0 bridgehead atoms. The molecule has 0 saturated heterocycles. The third-order valence-electron chi connectivity index (χ3n) is 21.1. The summed E-state index contributed by atoms with van der Waals surface area (Å²) >= 11 is 0. The molecule has 4 heterocycles. The molecule has 8 aromatic rings. The van der Waals surface area contributed by atoms with Crippen molar-refractivity contribution >= 4 is 90.5 Å². The molecule has 4 nitrogen and oxygen atoms in total. The first-order valence-electron chi connectivity index (χ1n) is 29.0. The number of furan rings is 1. The van der Waals surface area contributed by atoms with E-state index in [1.165, 1.54) is 140 Å². The van der Waals surface area contributed by atoms with Crippen LogP contribution in [-0.4, -0.2) is 12.3 Å². The SMILES string of the molecule is Cc1cc2c3c(c1)N(c1ccc4c(c1)C(C)(C)CCC4(C)C)c1cc4c(cc1B3c1ccc(N3c5ccc(C(C)(C)C)cc5C5(C)CCCCC35C)cc1N2c1ccc2oc3ccccc3c2c1)C(C)(C)CCC4(C)C. The Morgan fingerprint density at radius 1 is 0.447 bits per heavy atom. The van der Waals surface area contributed by atoms with Crippen molar-refractivity contribution in [3.63, 3.8) is 0 Å². The number of para-hydroxylation sites is 1. The number of hydrogen-bond acceptors (Lipinski definition) is 4. The van der Waals surface area contributed by atoms with Crippen molar-refractivity contribution in [1.82, 2.24) is 0 Å². The van der Waals surface area contributed by atoms with Gasteiger partial charge in [0.2, 0.25) is 0 Å². The standard InChI is InChI=1S/C71H78BN3O/c1-43-35-60-64-61(36-43)74(46-22-25-50-51(39-46)67(7,8)32-31-66(50,5)6)59-42-53-52(68(9,10)33-34-69(53,11)12)41-56(59)72(64)55-26-23-47(40-58(55)73(60)45-24-28-63-49(38-45)48-19-15-16-20-62(48)76-63)75-57-27-21-44(65(2,3)4)37-54(57)70(13)29-17-18-30-71(70,75)14/h15-16,19-28,35-42H,17-18,29-34H2,1-14H3. The molecule has 2 atom stereocenters. The Bertz CT molecular complexity index is 3800. The molecule has 3 aliphatic carbocycles. The Hall–Kier alpha value is -6.20. The summed E-state index contributed by atoms with van der Waals surface area (Å²) in [7, 11) is 0. The molecular weight excluding hydrogens is 922 g/mol. The average Bonchev–Trinajstić information content (AvgIpc) is 3.86. The van der Waals surface area contributed by atoms with Crippen molar-refractivity contribution in [3.8, 4) is 0 Å². The van der Waals surface area contributed by atoms with Crippen molar-refractivity contribution in [2.75, 3.05) is 14.7 Å². The fourth-order valence-electron chi connectivity index (χ4n) is 16.0. The molecular formula is C71H78BN3O. The summed E-state index contributed by atoms with van der Waals surface area (Å²) in [5.74, 6) is 0. The highest BCUT2D eigenvalue weighted by Gasteiger charge is 2.58. The summed E-state index contributed by atoms with van der Waals surface area (Å²) in [6.45, 7) is 34.5. The van der Waals surface area contributed by atoms with Gasteiger partial charge in [0, 0.05) is 61.7 Å². The molecule has 2 unspecified atom stereocenters. The van der Waals surface area contributed by atoms with Crippen LogP contribution >= 0.6 is 0 Å². The van der Waals surface area contributed by atoms with Gasteiger partial charge in [-0.25, -0.2) is 0 Å². The molecule has 1 aromatic heterocycles. The molecule has 7 aromatic carbocycles. The summed E-state index contributed by atoms with van der Waals surface area (Å²) in [4.78, 5) is 8.15. The lowest BCUT2D eigenvalue weighted by molar-refractivity contribution is 0.195. The predicted octanol–water partition coefficient (Wildman–Crippen LogP) is 17.7. The molecule has 14 rings (SSSR count). The zero-order valence-corrected chi connectivity index (χ0v) is 48.0. The Balaban J connectivity index is 1.07. The van der Waals surface area contributed by atoms with E-state index in [1.807, 2.05) is 0 Å². The minimum Gasteiger partial charge on any atom is -0.456 e. The molecule has 1 saturated carbocycles. The van der Waals surface area contributed by atoms with E-state index in [-0.39, 0.29) is 44.7 Å². The smallest absolute Gasteiger partial charge is 0.252 e. The Labute approximate surface area is 454 Å². The van der Waals surface area contributed by atoms with E-state index in [0.717, 1.165) is 34.0 Å². The van der Waals surface area contributed by atoms with Gasteiger partial charge in [0.25, 0.3) is 6.71 Å². The van der Waals surface area contributed by atoms with Crippen LogP contribution in [0.5, 0.6) is 0 Å². The number of hydrogen-bond donors (Lipinski definition) is 0. The molecule has 0 radical (unpaired) electrons. The first-order chi connectivity index (χ1) is 35.9. The van der Waals surface area contributed by atoms with Crippen molar-refractivity contribution in [1.29, 1.82) is 0 Å². The number of fused-ring (bicyclic) bond motifs is 12. The lowest BCUT2D eigenvalue weighted by Gasteiger charge is -2.51. The zero-order valence-electron chi connectivity index (χ0n) is 48.0. The largest absolute Gasteiger partial charge is 0.456 e. The van der Waals surface area contributed by atoms with Crippen LogP contribution in [0.15, 0.2) is 126 Å². The second-order valence-corrected chi connectivity index (χ2v) is 28.7. The van der Waals surface area contributed by atoms with Crippen molar-refractivity contribution < 1.29 is 4.42 Å². The molecule has 0 spiro atoms. The molecule has 0 N–H and O–H groups in total. The topological polar surface area (TPSA) is 22.9 Å². The Morgan fingerprint density at radius 3 is 1.72 bits per heavy atom. The quantitative estimate of drug-likeness (QED) is 0.165. The third kappa shape index (κ3) is 6.56. The monoisotopic (exact) mass is 1000 g/mol. The van der Waals surface area contributed by atoms with Crippen LogP contribution in [0, 0.1) is 6.92 Å². The van der Waals surface area contributed by atoms with Crippen LogP contribution in [0.1, 0.15) is 180 Å². The molecule has 6 aliphatic rings. The van der Waals surface area contributed by atoms with Gasteiger partial charge in [0.1, 0.15) is 11.2 Å². The molecule has 0 amide bonds. The van der Waals surface area contributed by atoms with Gasteiger partial charge in [-0.2, -0.15) is 0 Å². The highest BCUT2D eigenvalue weighted by molar-refractivity contribution is 7.00. The van der Waals surface area contributed by atoms with Gasteiger partial charge < -0.3 is 19.1 Å². The number of anilines is 8. The van der Waals surface area contributed by atoms with Gasteiger partial charge in [-0.15, -0.1) is 0 Å². The zero-order chi connectivity index (χ0) is 53.0. The highest BCUT2D eigenvalue weighted by Crippen LogP contribution is 2.62. The van der Waals surface area contributed by atoms with E-state index in [1.54, 1.807) is 0 Å². The first-order valence-corrected chi connectivity index (χ1v) is 29.0. The van der Waals surface area contributed by atoms with E-state index < -0.39 is 0 Å². The third-order valence-corrected chi connectivity index (χ3v) is 21.1. The number of benzene rings is 7. The minimum atomic E-state index is -0.0951. The summed E-state index contributed by atoms with van der Waals surface area (Å²) in [6, 6.07) is 48.6. The van der Waals surface area contributed by atoms with Crippen molar-refractivity contribution in [2.45, 2.75) is 186 Å². The summed E-state index contributed by atoms with van der Waals surface area (Å²) in [5.41, 5.74) is 26.6. The summed E-state index contributed by atoms with van der Waals surface area (Å²) < 4.78 is 6.55. The minimum absolute atomic E-state index is 0.00511. The first kappa shape index (κ1) is 48.2. The van der Waals surface area contributed by atoms with E-state index in [4.69, 9.17) is 4.42 Å². The Kier molecular flexibility index (Phi) is 9.84. The van der Waals surface area contributed by atoms with Gasteiger partial charge in [-0.1, -0.05) is 144 Å². The lowest BCUT2D eigenvalue weighted by Crippen LogP contribution is -2.62. The normalized spacial score (nSPS) is 23.1. The summed E-state index contributed by atoms with van der Waals surface area (Å²) in [6.07, 6.45) is 9.55. The van der Waals surface area contributed by atoms with Crippen molar-refractivity contribution in [3.05, 3.63) is 160 Å². The van der Waals surface area contributed by atoms with Crippen LogP contribution in [0.25, 0.3) is 21.9 Å². The second kappa shape index (κ2) is 15.5. The number of rotatable bonds is 3.